The monoisotopic (exact) mass is 276 g/mol. The molecule has 2 heterocycles. The van der Waals surface area contributed by atoms with Crippen LogP contribution in [0.5, 0.6) is 0 Å². The molecule has 0 saturated heterocycles. The molecule has 7 heteroatoms. The zero-order chi connectivity index (χ0) is 14.7. The topological polar surface area (TPSA) is 101 Å². The second-order valence-corrected chi connectivity index (χ2v) is 4.66. The Morgan fingerprint density at radius 3 is 2.80 bits per heavy atom. The van der Waals surface area contributed by atoms with Crippen molar-refractivity contribution in [2.75, 3.05) is 13.1 Å². The van der Waals surface area contributed by atoms with Crippen LogP contribution in [-0.4, -0.2) is 44.4 Å². The summed E-state index contributed by atoms with van der Waals surface area (Å²) < 4.78 is 1.87. The zero-order valence-electron chi connectivity index (χ0n) is 11.1. The van der Waals surface area contributed by atoms with Gasteiger partial charge in [0.05, 0.1) is 18.8 Å². The number of fused-ring (bicyclic) bond motifs is 1. The Morgan fingerprint density at radius 1 is 1.45 bits per heavy atom. The smallest absolute Gasteiger partial charge is 0.317 e. The highest BCUT2D eigenvalue weighted by atomic mass is 16.4. The van der Waals surface area contributed by atoms with Gasteiger partial charge in [0.15, 0.2) is 0 Å². The van der Waals surface area contributed by atoms with E-state index in [-0.39, 0.29) is 19.6 Å². The second kappa shape index (κ2) is 5.70. The molecule has 7 nitrogen and oxygen atoms in total. The number of rotatable bonds is 6. The summed E-state index contributed by atoms with van der Waals surface area (Å²) in [6, 6.07) is 3.86. The molecule has 0 saturated carbocycles. The van der Waals surface area contributed by atoms with E-state index in [1.54, 1.807) is 0 Å². The Bertz CT molecular complexity index is 634. The Labute approximate surface area is 115 Å². The third-order valence-electron chi connectivity index (χ3n) is 2.85. The molecule has 0 aromatic carbocycles. The maximum atomic E-state index is 11.0. The number of primary amides is 1. The second-order valence-electron chi connectivity index (χ2n) is 4.66. The normalized spacial score (nSPS) is 11.1. The minimum absolute atomic E-state index is 0.112. The van der Waals surface area contributed by atoms with E-state index in [9.17, 15) is 9.59 Å². The van der Waals surface area contributed by atoms with Crippen LogP contribution in [0.1, 0.15) is 11.3 Å². The highest BCUT2D eigenvalue weighted by Gasteiger charge is 2.15. The quantitative estimate of drug-likeness (QED) is 0.774. The molecule has 106 valence electrons. The van der Waals surface area contributed by atoms with Crippen LogP contribution >= 0.6 is 0 Å². The molecule has 0 atom stereocenters. The number of hydrogen-bond acceptors (Lipinski definition) is 4. The van der Waals surface area contributed by atoms with Crippen molar-refractivity contribution in [3.63, 3.8) is 0 Å². The molecule has 2 rings (SSSR count). The molecule has 0 fully saturated rings. The molecule has 1 amide bonds. The molecule has 0 unspecified atom stereocenters. The van der Waals surface area contributed by atoms with E-state index in [0.29, 0.717) is 5.69 Å². The number of aromatic nitrogens is 2. The van der Waals surface area contributed by atoms with Crippen LogP contribution in [0.4, 0.5) is 0 Å². The van der Waals surface area contributed by atoms with Gasteiger partial charge in [0.2, 0.25) is 5.91 Å². The summed E-state index contributed by atoms with van der Waals surface area (Å²) in [5.74, 6) is -1.57. The highest BCUT2D eigenvalue weighted by Crippen LogP contribution is 2.11. The summed E-state index contributed by atoms with van der Waals surface area (Å²) in [5, 5.41) is 8.84. The molecular formula is C13H16N4O3. The number of aliphatic carboxylic acids is 1. The number of imidazole rings is 1. The fraction of sp³-hybridized carbons (Fsp3) is 0.308. The number of carbonyl (C=O) groups excluding carboxylic acids is 1. The molecule has 0 aliphatic carbocycles. The number of pyridine rings is 1. The maximum Gasteiger partial charge on any atom is 0.317 e. The van der Waals surface area contributed by atoms with E-state index >= 15 is 0 Å². The standard InChI is InChI=1S/C13H16N4O3/c1-9-3-2-4-17-6-10(15-13(9)17)5-16(7-11(14)18)8-12(19)20/h2-4,6H,5,7-8H2,1H3,(H2,14,18)(H,19,20). The average Bonchev–Trinajstić information content (AvgIpc) is 2.71. The van der Waals surface area contributed by atoms with Crippen molar-refractivity contribution >= 4 is 17.5 Å². The fourth-order valence-electron chi connectivity index (χ4n) is 2.09. The summed E-state index contributed by atoms with van der Waals surface area (Å²) in [7, 11) is 0. The Kier molecular flexibility index (Phi) is 3.99. The number of carboxylic acids is 1. The molecular weight excluding hydrogens is 260 g/mol. The summed E-state index contributed by atoms with van der Waals surface area (Å²) in [5.41, 5.74) is 7.66. The van der Waals surface area contributed by atoms with E-state index in [0.717, 1.165) is 11.2 Å². The first-order valence-corrected chi connectivity index (χ1v) is 6.11. The van der Waals surface area contributed by atoms with Crippen LogP contribution in [0.15, 0.2) is 24.5 Å². The van der Waals surface area contributed by atoms with E-state index in [4.69, 9.17) is 10.8 Å². The molecule has 0 bridgehead atoms. The SMILES string of the molecule is Cc1cccn2cc(CN(CC(N)=O)CC(=O)O)nc12. The summed E-state index contributed by atoms with van der Waals surface area (Å²) in [6.45, 7) is 1.84. The molecule has 0 spiro atoms. The lowest BCUT2D eigenvalue weighted by atomic mass is 10.3. The number of nitrogens with zero attached hydrogens (tertiary/aromatic N) is 3. The number of amides is 1. The fourth-order valence-corrected chi connectivity index (χ4v) is 2.09. The van der Waals surface area contributed by atoms with Crippen molar-refractivity contribution in [3.8, 4) is 0 Å². The lowest BCUT2D eigenvalue weighted by Gasteiger charge is -2.16. The summed E-state index contributed by atoms with van der Waals surface area (Å²) >= 11 is 0. The Hall–Kier alpha value is -2.41. The third-order valence-corrected chi connectivity index (χ3v) is 2.85. The molecule has 20 heavy (non-hydrogen) atoms. The lowest BCUT2D eigenvalue weighted by molar-refractivity contribution is -0.138. The van der Waals surface area contributed by atoms with Crippen LogP contribution in [0, 0.1) is 6.92 Å². The van der Waals surface area contributed by atoms with Crippen molar-refractivity contribution < 1.29 is 14.7 Å². The van der Waals surface area contributed by atoms with Gasteiger partial charge in [-0.3, -0.25) is 14.5 Å². The van der Waals surface area contributed by atoms with Crippen molar-refractivity contribution in [3.05, 3.63) is 35.8 Å². The molecule has 0 radical (unpaired) electrons. The van der Waals surface area contributed by atoms with Gasteiger partial charge in [0.25, 0.3) is 0 Å². The predicted molar refractivity (Wildman–Crippen MR) is 72.0 cm³/mol. The maximum absolute atomic E-state index is 11.0. The minimum atomic E-state index is -1.01. The number of aryl methyl sites for hydroxylation is 1. The number of hydrogen-bond donors (Lipinski definition) is 2. The largest absolute Gasteiger partial charge is 0.480 e. The van der Waals surface area contributed by atoms with Crippen molar-refractivity contribution in [2.24, 2.45) is 5.73 Å². The van der Waals surface area contributed by atoms with Gasteiger partial charge in [-0.15, -0.1) is 0 Å². The molecule has 0 aliphatic heterocycles. The van der Waals surface area contributed by atoms with Crippen LogP contribution in [-0.2, 0) is 16.1 Å². The van der Waals surface area contributed by atoms with Crippen LogP contribution in [0.3, 0.4) is 0 Å². The average molecular weight is 276 g/mol. The molecule has 2 aromatic heterocycles. The van der Waals surface area contributed by atoms with Gasteiger partial charge in [-0.1, -0.05) is 6.07 Å². The first-order valence-electron chi connectivity index (χ1n) is 6.11. The number of carboxylic acid groups (broad SMARTS) is 1. The first kappa shape index (κ1) is 14.0. The minimum Gasteiger partial charge on any atom is -0.480 e. The van der Waals surface area contributed by atoms with Gasteiger partial charge in [-0.25, -0.2) is 4.98 Å². The van der Waals surface area contributed by atoms with Crippen molar-refractivity contribution in [1.82, 2.24) is 14.3 Å². The predicted octanol–water partition coefficient (Wildman–Crippen LogP) is 0.0146. The van der Waals surface area contributed by atoms with Gasteiger partial charge in [0, 0.05) is 18.9 Å². The highest BCUT2D eigenvalue weighted by molar-refractivity contribution is 5.77. The van der Waals surface area contributed by atoms with Gasteiger partial charge >= 0.3 is 5.97 Å². The zero-order valence-corrected chi connectivity index (χ0v) is 11.1. The van der Waals surface area contributed by atoms with E-state index in [1.165, 1.54) is 4.90 Å². The molecule has 0 aliphatic rings. The third kappa shape index (κ3) is 3.33. The van der Waals surface area contributed by atoms with E-state index in [2.05, 4.69) is 4.98 Å². The van der Waals surface area contributed by atoms with Crippen LogP contribution in [0.25, 0.3) is 5.65 Å². The van der Waals surface area contributed by atoms with Crippen molar-refractivity contribution in [2.45, 2.75) is 13.5 Å². The van der Waals surface area contributed by atoms with Gasteiger partial charge < -0.3 is 15.2 Å². The Morgan fingerprint density at radius 2 is 2.20 bits per heavy atom. The van der Waals surface area contributed by atoms with Crippen LogP contribution < -0.4 is 5.73 Å². The lowest BCUT2D eigenvalue weighted by Crippen LogP contribution is -2.36. The number of carbonyl (C=O) groups is 2. The van der Waals surface area contributed by atoms with Crippen LogP contribution in [0.2, 0.25) is 0 Å². The van der Waals surface area contributed by atoms with Gasteiger partial charge in [-0.2, -0.15) is 0 Å². The molecule has 3 N–H and O–H groups in total. The van der Waals surface area contributed by atoms with E-state index in [1.807, 2.05) is 35.9 Å². The Balaban J connectivity index is 2.21. The van der Waals surface area contributed by atoms with Crippen molar-refractivity contribution in [1.29, 1.82) is 0 Å². The molecule has 2 aromatic rings. The number of nitrogens with two attached hydrogens (primary N) is 1. The summed E-state index contributed by atoms with van der Waals surface area (Å²) in [4.78, 5) is 27.6. The summed E-state index contributed by atoms with van der Waals surface area (Å²) in [6.07, 6.45) is 3.69. The first-order chi connectivity index (χ1) is 9.45. The van der Waals surface area contributed by atoms with Gasteiger partial charge in [0.1, 0.15) is 5.65 Å². The van der Waals surface area contributed by atoms with Gasteiger partial charge in [-0.05, 0) is 18.6 Å². The van der Waals surface area contributed by atoms with E-state index < -0.39 is 11.9 Å².